The van der Waals surface area contributed by atoms with Gasteiger partial charge in [0, 0.05) is 23.7 Å². The second kappa shape index (κ2) is 12.3. The summed E-state index contributed by atoms with van der Waals surface area (Å²) < 4.78 is 10.5. The number of methoxy groups -OCH3 is 1. The van der Waals surface area contributed by atoms with Gasteiger partial charge in [-0.25, -0.2) is 4.99 Å². The van der Waals surface area contributed by atoms with Crippen LogP contribution < -0.4 is 26.0 Å². The number of esters is 1. The van der Waals surface area contributed by atoms with Crippen LogP contribution in [-0.4, -0.2) is 43.2 Å². The fourth-order valence-electron chi connectivity index (χ4n) is 3.61. The van der Waals surface area contributed by atoms with E-state index in [0.717, 1.165) is 0 Å². The average molecular weight is 502 g/mol. The first-order valence-electron chi connectivity index (χ1n) is 11.6. The number of aliphatic imine (C=N–C) groups is 1. The zero-order valence-electron chi connectivity index (χ0n) is 20.1. The third-order valence-electron chi connectivity index (χ3n) is 5.39. The highest BCUT2D eigenvalue weighted by Gasteiger charge is 2.28. The maximum absolute atomic E-state index is 12.8. The lowest BCUT2D eigenvalue weighted by molar-refractivity contribution is -0.141. The summed E-state index contributed by atoms with van der Waals surface area (Å²) in [7, 11) is 1.29. The van der Waals surface area contributed by atoms with E-state index in [1.54, 1.807) is 48.5 Å². The van der Waals surface area contributed by atoms with Crippen LogP contribution in [-0.2, 0) is 14.3 Å². The number of ether oxygens (including phenoxy) is 2. The highest BCUT2D eigenvalue weighted by molar-refractivity contribution is 6.10. The van der Waals surface area contributed by atoms with Crippen LogP contribution >= 0.6 is 0 Å². The Hall–Kier alpha value is -4.70. The highest BCUT2D eigenvalue weighted by atomic mass is 16.5. The number of hydrogen-bond acceptors (Lipinski definition) is 7. The number of anilines is 1. The standard InChI is InChI=1S/C27H27N5O5/c1-36-24(34)17-20-16-23(33)30-26(29-20)32-27(31-25(35)18-8-4-2-5-9-18)28-19-12-14-22(15-13-19)37-21-10-6-3-7-11-21/h2-15,20,26,29H,16-17H2,1H3,(H,30,33)(H2,28,31,32,35). The molecule has 4 N–H and O–H groups in total. The van der Waals surface area contributed by atoms with E-state index in [1.165, 1.54) is 7.11 Å². The van der Waals surface area contributed by atoms with Gasteiger partial charge in [-0.15, -0.1) is 0 Å². The van der Waals surface area contributed by atoms with E-state index in [0.29, 0.717) is 22.7 Å². The van der Waals surface area contributed by atoms with Crippen LogP contribution in [0, 0.1) is 0 Å². The van der Waals surface area contributed by atoms with Crippen molar-refractivity contribution in [2.24, 2.45) is 4.99 Å². The molecular weight excluding hydrogens is 474 g/mol. The topological polar surface area (TPSA) is 130 Å². The van der Waals surface area contributed by atoms with Gasteiger partial charge < -0.3 is 20.1 Å². The number of para-hydroxylation sites is 1. The summed E-state index contributed by atoms with van der Waals surface area (Å²) in [6.07, 6.45) is -0.767. The average Bonchev–Trinajstić information content (AvgIpc) is 2.90. The van der Waals surface area contributed by atoms with Crippen molar-refractivity contribution in [2.75, 3.05) is 12.4 Å². The number of amides is 2. The summed E-state index contributed by atoms with van der Waals surface area (Å²) in [5.41, 5.74) is 1.06. The van der Waals surface area contributed by atoms with Gasteiger partial charge in [0.15, 0.2) is 6.29 Å². The molecule has 1 fully saturated rings. The molecule has 1 aliphatic heterocycles. The maximum atomic E-state index is 12.8. The van der Waals surface area contributed by atoms with Crippen molar-refractivity contribution in [1.82, 2.24) is 16.0 Å². The molecule has 0 radical (unpaired) electrons. The molecule has 0 aromatic heterocycles. The summed E-state index contributed by atoms with van der Waals surface area (Å²) in [5.74, 6) is 0.337. The van der Waals surface area contributed by atoms with Crippen molar-refractivity contribution in [3.63, 3.8) is 0 Å². The van der Waals surface area contributed by atoms with Gasteiger partial charge in [-0.2, -0.15) is 0 Å². The first-order valence-corrected chi connectivity index (χ1v) is 11.6. The van der Waals surface area contributed by atoms with Crippen molar-refractivity contribution in [2.45, 2.75) is 25.2 Å². The van der Waals surface area contributed by atoms with Gasteiger partial charge in [0.2, 0.25) is 11.9 Å². The van der Waals surface area contributed by atoms with Crippen LogP contribution in [0.4, 0.5) is 5.69 Å². The zero-order valence-corrected chi connectivity index (χ0v) is 20.1. The lowest BCUT2D eigenvalue weighted by Crippen LogP contribution is -2.57. The molecule has 0 spiro atoms. The van der Waals surface area contributed by atoms with E-state index in [1.807, 2.05) is 36.4 Å². The van der Waals surface area contributed by atoms with Crippen molar-refractivity contribution >= 4 is 29.4 Å². The highest BCUT2D eigenvalue weighted by Crippen LogP contribution is 2.22. The molecule has 190 valence electrons. The number of hydrogen-bond donors (Lipinski definition) is 4. The van der Waals surface area contributed by atoms with Crippen LogP contribution in [0.2, 0.25) is 0 Å². The Balaban J connectivity index is 1.51. The molecule has 1 aliphatic rings. The lowest BCUT2D eigenvalue weighted by atomic mass is 10.1. The van der Waals surface area contributed by atoms with E-state index in [4.69, 9.17) is 9.47 Å². The van der Waals surface area contributed by atoms with E-state index in [9.17, 15) is 14.4 Å². The molecule has 0 bridgehead atoms. The van der Waals surface area contributed by atoms with Gasteiger partial charge in [-0.05, 0) is 48.5 Å². The number of guanidine groups is 1. The summed E-state index contributed by atoms with van der Waals surface area (Å²) in [6.45, 7) is 0. The maximum Gasteiger partial charge on any atom is 0.307 e. The Morgan fingerprint density at radius 1 is 0.946 bits per heavy atom. The van der Waals surface area contributed by atoms with E-state index < -0.39 is 18.3 Å². The molecule has 3 aromatic rings. The Morgan fingerprint density at radius 2 is 1.59 bits per heavy atom. The number of rotatable bonds is 7. The number of benzene rings is 3. The Bertz CT molecular complexity index is 1250. The molecule has 2 unspecified atom stereocenters. The summed E-state index contributed by atoms with van der Waals surface area (Å²) >= 11 is 0. The molecule has 0 saturated carbocycles. The van der Waals surface area contributed by atoms with Crippen molar-refractivity contribution < 1.29 is 23.9 Å². The van der Waals surface area contributed by atoms with E-state index >= 15 is 0 Å². The minimum atomic E-state index is -0.879. The smallest absolute Gasteiger partial charge is 0.307 e. The van der Waals surface area contributed by atoms with Gasteiger partial charge in [0.25, 0.3) is 5.91 Å². The minimum absolute atomic E-state index is 0.0119. The lowest BCUT2D eigenvalue weighted by Gasteiger charge is -2.29. The predicted molar refractivity (Wildman–Crippen MR) is 138 cm³/mol. The third-order valence-corrected chi connectivity index (χ3v) is 5.39. The number of carbonyl (C=O) groups is 3. The summed E-state index contributed by atoms with van der Waals surface area (Å²) in [4.78, 5) is 41.2. The predicted octanol–water partition coefficient (Wildman–Crippen LogP) is 3.00. The molecule has 10 heteroatoms. The van der Waals surface area contributed by atoms with Gasteiger partial charge in [0.1, 0.15) is 11.5 Å². The Morgan fingerprint density at radius 3 is 2.27 bits per heavy atom. The van der Waals surface area contributed by atoms with Gasteiger partial charge in [0.05, 0.1) is 13.5 Å². The van der Waals surface area contributed by atoms with Crippen molar-refractivity contribution in [3.8, 4) is 11.5 Å². The Kier molecular flexibility index (Phi) is 8.45. The second-order valence-electron chi connectivity index (χ2n) is 8.18. The van der Waals surface area contributed by atoms with E-state index in [-0.39, 0.29) is 30.6 Å². The van der Waals surface area contributed by atoms with Crippen molar-refractivity contribution in [3.05, 3.63) is 90.5 Å². The SMILES string of the molecule is COC(=O)CC1CC(=O)NC(/N=C(\NC(=O)c2ccccc2)Nc2ccc(Oc3ccccc3)cc2)N1. The largest absolute Gasteiger partial charge is 0.469 e. The van der Waals surface area contributed by atoms with Crippen LogP contribution in [0.15, 0.2) is 89.9 Å². The molecule has 1 saturated heterocycles. The molecule has 10 nitrogen and oxygen atoms in total. The summed E-state index contributed by atoms with van der Waals surface area (Å²) in [5, 5.41) is 11.6. The molecule has 4 rings (SSSR count). The molecule has 1 heterocycles. The van der Waals surface area contributed by atoms with Gasteiger partial charge in [-0.1, -0.05) is 36.4 Å². The van der Waals surface area contributed by atoms with E-state index in [2.05, 4.69) is 26.3 Å². The van der Waals surface area contributed by atoms with Gasteiger partial charge in [-0.3, -0.25) is 25.0 Å². The quantitative estimate of drug-likeness (QED) is 0.222. The monoisotopic (exact) mass is 501 g/mol. The van der Waals surface area contributed by atoms with Crippen LogP contribution in [0.25, 0.3) is 0 Å². The molecule has 0 aliphatic carbocycles. The molecule has 2 atom stereocenters. The molecule has 3 aromatic carbocycles. The van der Waals surface area contributed by atoms with Gasteiger partial charge >= 0.3 is 5.97 Å². The molecular formula is C27H27N5O5. The number of nitrogens with zero attached hydrogens (tertiary/aromatic N) is 1. The Labute approximate surface area is 214 Å². The van der Waals surface area contributed by atoms with Crippen LogP contribution in [0.5, 0.6) is 11.5 Å². The zero-order chi connectivity index (χ0) is 26.0. The number of carbonyl (C=O) groups excluding carboxylic acids is 3. The first-order chi connectivity index (χ1) is 18.0. The molecule has 37 heavy (non-hydrogen) atoms. The number of nitrogens with one attached hydrogen (secondary N) is 4. The minimum Gasteiger partial charge on any atom is -0.469 e. The fourth-order valence-corrected chi connectivity index (χ4v) is 3.61. The summed E-state index contributed by atoms with van der Waals surface area (Å²) in [6, 6.07) is 24.7. The second-order valence-corrected chi connectivity index (χ2v) is 8.18. The van der Waals surface area contributed by atoms with Crippen LogP contribution in [0.3, 0.4) is 0 Å². The fraction of sp³-hybridized carbons (Fsp3) is 0.185. The van der Waals surface area contributed by atoms with Crippen LogP contribution in [0.1, 0.15) is 23.2 Å². The molecule has 2 amide bonds. The third kappa shape index (κ3) is 7.64. The van der Waals surface area contributed by atoms with Crippen molar-refractivity contribution in [1.29, 1.82) is 0 Å². The normalized spacial score (nSPS) is 17.3. The first kappa shape index (κ1) is 25.4.